The molecule has 1 aromatic heterocycles. The zero-order chi connectivity index (χ0) is 18.4. The molecule has 136 valence electrons. The Morgan fingerprint density at radius 1 is 1.24 bits per heavy atom. The number of aromatic nitrogens is 1. The van der Waals surface area contributed by atoms with Gasteiger partial charge in [-0.2, -0.15) is 0 Å². The Morgan fingerprint density at radius 2 is 1.88 bits per heavy atom. The molecule has 0 aromatic carbocycles. The number of aryl methyl sites for hydroxylation is 2. The predicted molar refractivity (Wildman–Crippen MR) is 88.5 cm³/mol. The second-order valence-electron chi connectivity index (χ2n) is 7.25. The van der Waals surface area contributed by atoms with Crippen molar-refractivity contribution in [3.63, 3.8) is 0 Å². The van der Waals surface area contributed by atoms with E-state index in [2.05, 4.69) is 4.98 Å². The van der Waals surface area contributed by atoms with Crippen LogP contribution in [0, 0.1) is 19.3 Å². The minimum atomic E-state index is -3.07. The van der Waals surface area contributed by atoms with Gasteiger partial charge in [0.1, 0.15) is 0 Å². The molecule has 1 spiro atoms. The minimum Gasteiger partial charge on any atom is -0.342 e. The molecule has 1 aromatic rings. The number of amides is 2. The summed E-state index contributed by atoms with van der Waals surface area (Å²) in [5, 5.41) is 0. The normalized spacial score (nSPS) is 25.7. The Hall–Kier alpha value is -2.05. The van der Waals surface area contributed by atoms with Crippen LogP contribution in [0.4, 0.5) is 8.78 Å². The molecule has 7 heteroatoms. The topological polar surface area (TPSA) is 53.5 Å². The number of rotatable bonds is 2. The van der Waals surface area contributed by atoms with Gasteiger partial charge in [0.05, 0.1) is 12.0 Å². The molecular weight excluding hydrogens is 328 g/mol. The lowest BCUT2D eigenvalue weighted by Gasteiger charge is -2.42. The summed E-state index contributed by atoms with van der Waals surface area (Å²) in [5.74, 6) is -3.78. The largest absolute Gasteiger partial charge is 0.342 e. The Balaban J connectivity index is 1.91. The summed E-state index contributed by atoms with van der Waals surface area (Å²) >= 11 is 0. The molecule has 2 amide bonds. The van der Waals surface area contributed by atoms with Crippen LogP contribution in [-0.4, -0.2) is 58.7 Å². The van der Waals surface area contributed by atoms with E-state index in [9.17, 15) is 18.4 Å². The quantitative estimate of drug-likeness (QED) is 0.822. The lowest BCUT2D eigenvalue weighted by atomic mass is 9.76. The van der Waals surface area contributed by atoms with Crippen molar-refractivity contribution in [3.8, 4) is 0 Å². The van der Waals surface area contributed by atoms with Crippen LogP contribution < -0.4 is 0 Å². The third-order valence-electron chi connectivity index (χ3n) is 5.11. The summed E-state index contributed by atoms with van der Waals surface area (Å²) in [6.45, 7) is 5.74. The molecule has 2 aliphatic heterocycles. The highest BCUT2D eigenvalue weighted by atomic mass is 19.3. The Morgan fingerprint density at radius 3 is 2.44 bits per heavy atom. The van der Waals surface area contributed by atoms with E-state index in [0.717, 1.165) is 4.90 Å². The molecule has 0 radical (unpaired) electrons. The number of likely N-dealkylation sites (tertiary alicyclic amines) is 2. The first-order valence-electron chi connectivity index (χ1n) is 8.58. The van der Waals surface area contributed by atoms with Crippen LogP contribution in [0.25, 0.3) is 0 Å². The summed E-state index contributed by atoms with van der Waals surface area (Å²) < 4.78 is 28.8. The summed E-state index contributed by atoms with van der Waals surface area (Å²) in [6.07, 6.45) is -0.110. The van der Waals surface area contributed by atoms with Crippen molar-refractivity contribution < 1.29 is 18.4 Å². The molecule has 3 heterocycles. The minimum absolute atomic E-state index is 0.0528. The van der Waals surface area contributed by atoms with Crippen LogP contribution in [0.15, 0.2) is 12.1 Å². The molecule has 2 aliphatic rings. The van der Waals surface area contributed by atoms with Crippen molar-refractivity contribution in [2.24, 2.45) is 5.41 Å². The predicted octanol–water partition coefficient (Wildman–Crippen LogP) is 2.42. The van der Waals surface area contributed by atoms with Crippen molar-refractivity contribution in [2.75, 3.05) is 26.2 Å². The first kappa shape index (κ1) is 17.8. The lowest BCUT2D eigenvalue weighted by molar-refractivity contribution is -0.151. The van der Waals surface area contributed by atoms with Gasteiger partial charge >= 0.3 is 0 Å². The third-order valence-corrected chi connectivity index (χ3v) is 5.11. The molecule has 0 N–H and O–H groups in total. The van der Waals surface area contributed by atoms with E-state index in [1.165, 1.54) is 0 Å². The molecule has 1 unspecified atom stereocenters. The summed E-state index contributed by atoms with van der Waals surface area (Å²) in [4.78, 5) is 32.5. The molecule has 2 fully saturated rings. The van der Waals surface area contributed by atoms with Crippen molar-refractivity contribution in [1.29, 1.82) is 0 Å². The second kappa shape index (κ2) is 6.04. The van der Waals surface area contributed by atoms with Gasteiger partial charge in [0.25, 0.3) is 11.8 Å². The van der Waals surface area contributed by atoms with Gasteiger partial charge in [-0.15, -0.1) is 0 Å². The first-order chi connectivity index (χ1) is 11.7. The Kier molecular flexibility index (Phi) is 4.29. The Bertz CT molecular complexity index is 702. The van der Waals surface area contributed by atoms with E-state index in [-0.39, 0.29) is 12.5 Å². The average molecular weight is 351 g/mol. The zero-order valence-corrected chi connectivity index (χ0v) is 14.8. The fourth-order valence-electron chi connectivity index (χ4n) is 4.10. The molecule has 5 nitrogen and oxygen atoms in total. The number of piperidine rings is 1. The number of carbonyl (C=O) groups excluding carboxylic acids is 2. The van der Waals surface area contributed by atoms with Gasteiger partial charge < -0.3 is 9.80 Å². The molecule has 2 saturated heterocycles. The maximum Gasteiger partial charge on any atom is 0.266 e. The van der Waals surface area contributed by atoms with E-state index < -0.39 is 30.2 Å². The van der Waals surface area contributed by atoms with Gasteiger partial charge in [0.2, 0.25) is 5.91 Å². The summed E-state index contributed by atoms with van der Waals surface area (Å²) in [5.41, 5.74) is 0.507. The number of alkyl halides is 2. The molecule has 25 heavy (non-hydrogen) atoms. The SMILES string of the molecule is CCN1CCC2(CN(C(=O)c3cc(C)nc(C)c3)CC(F)(F)C2)C1=O. The molecular formula is C18H23F2N3O2. The van der Waals surface area contributed by atoms with Gasteiger partial charge in [0.15, 0.2) is 0 Å². The number of nitrogens with zero attached hydrogens (tertiary/aromatic N) is 3. The van der Waals surface area contributed by atoms with Crippen molar-refractivity contribution in [2.45, 2.75) is 39.5 Å². The highest BCUT2D eigenvalue weighted by Crippen LogP contribution is 2.45. The number of pyridine rings is 1. The summed E-state index contributed by atoms with van der Waals surface area (Å²) in [7, 11) is 0. The van der Waals surface area contributed by atoms with E-state index in [0.29, 0.717) is 36.5 Å². The molecule has 0 saturated carbocycles. The lowest BCUT2D eigenvalue weighted by Crippen LogP contribution is -2.57. The van der Waals surface area contributed by atoms with Crippen LogP contribution in [-0.2, 0) is 4.79 Å². The van der Waals surface area contributed by atoms with Crippen LogP contribution >= 0.6 is 0 Å². The maximum absolute atomic E-state index is 14.4. The van der Waals surface area contributed by atoms with E-state index in [1.807, 2.05) is 6.92 Å². The highest BCUT2D eigenvalue weighted by molar-refractivity contribution is 5.95. The van der Waals surface area contributed by atoms with Crippen molar-refractivity contribution in [1.82, 2.24) is 14.8 Å². The van der Waals surface area contributed by atoms with Gasteiger partial charge in [-0.1, -0.05) is 0 Å². The van der Waals surface area contributed by atoms with Crippen molar-refractivity contribution in [3.05, 3.63) is 29.1 Å². The van der Waals surface area contributed by atoms with Gasteiger partial charge in [0, 0.05) is 43.0 Å². The van der Waals surface area contributed by atoms with Crippen LogP contribution in [0.5, 0.6) is 0 Å². The molecule has 0 aliphatic carbocycles. The number of carbonyl (C=O) groups is 2. The monoisotopic (exact) mass is 351 g/mol. The van der Waals surface area contributed by atoms with Crippen molar-refractivity contribution >= 4 is 11.8 Å². The third kappa shape index (κ3) is 3.24. The number of hydrogen-bond acceptors (Lipinski definition) is 3. The average Bonchev–Trinajstić information content (AvgIpc) is 2.79. The second-order valence-corrected chi connectivity index (χ2v) is 7.25. The van der Waals surface area contributed by atoms with Gasteiger partial charge in [-0.25, -0.2) is 8.78 Å². The van der Waals surface area contributed by atoms with Gasteiger partial charge in [-0.05, 0) is 39.3 Å². The van der Waals surface area contributed by atoms with Crippen LogP contribution in [0.1, 0.15) is 41.5 Å². The first-order valence-corrected chi connectivity index (χ1v) is 8.58. The fraction of sp³-hybridized carbons (Fsp3) is 0.611. The van der Waals surface area contributed by atoms with Crippen LogP contribution in [0.3, 0.4) is 0 Å². The smallest absolute Gasteiger partial charge is 0.266 e. The van der Waals surface area contributed by atoms with E-state index in [4.69, 9.17) is 0 Å². The molecule has 1 atom stereocenters. The standard InChI is InChI=1S/C18H23F2N3O2/c1-4-22-6-5-17(16(22)25)9-18(19,20)11-23(10-17)15(24)14-7-12(2)21-13(3)8-14/h7-8H,4-6,9-11H2,1-3H3. The van der Waals surface area contributed by atoms with Crippen LogP contribution in [0.2, 0.25) is 0 Å². The highest BCUT2D eigenvalue weighted by Gasteiger charge is 2.57. The Labute approximate surface area is 146 Å². The summed E-state index contributed by atoms with van der Waals surface area (Å²) in [6, 6.07) is 3.20. The van der Waals surface area contributed by atoms with E-state index >= 15 is 0 Å². The number of hydrogen-bond donors (Lipinski definition) is 0. The van der Waals surface area contributed by atoms with E-state index in [1.54, 1.807) is 30.9 Å². The molecule has 0 bridgehead atoms. The zero-order valence-electron chi connectivity index (χ0n) is 14.8. The maximum atomic E-state index is 14.4. The van der Waals surface area contributed by atoms with Gasteiger partial charge in [-0.3, -0.25) is 14.6 Å². The molecule has 3 rings (SSSR count). The fourth-order valence-corrected chi connectivity index (χ4v) is 4.10. The number of halogens is 2.